The molecule has 114 valence electrons. The third kappa shape index (κ3) is 3.36. The predicted molar refractivity (Wildman–Crippen MR) is 78.2 cm³/mol. The second kappa shape index (κ2) is 5.65. The number of rotatable bonds is 4. The van der Waals surface area contributed by atoms with Crippen LogP contribution in [0.5, 0.6) is 0 Å². The van der Waals surface area contributed by atoms with Gasteiger partial charge in [0, 0.05) is 22.9 Å². The summed E-state index contributed by atoms with van der Waals surface area (Å²) in [7, 11) is 1.23. The molecule has 1 N–H and O–H groups in total. The molecule has 0 aliphatic carbocycles. The number of aromatic nitrogens is 1. The Morgan fingerprint density at radius 2 is 2.10 bits per heavy atom. The smallest absolute Gasteiger partial charge is 0.263 e. The molecule has 0 saturated heterocycles. The molecule has 0 bridgehead atoms. The molecule has 1 aromatic carbocycles. The number of benzene rings is 1. The van der Waals surface area contributed by atoms with E-state index < -0.39 is 14.9 Å². The van der Waals surface area contributed by atoms with Gasteiger partial charge in [-0.05, 0) is 26.0 Å². The highest BCUT2D eigenvalue weighted by atomic mass is 35.7. The second-order valence-electron chi connectivity index (χ2n) is 4.92. The van der Waals surface area contributed by atoms with E-state index in [9.17, 15) is 17.6 Å². The van der Waals surface area contributed by atoms with Crippen LogP contribution in [-0.2, 0) is 20.4 Å². The highest BCUT2D eigenvalue weighted by molar-refractivity contribution is 8.14. The number of nitrogens with one attached hydrogen (secondary N) is 1. The maximum Gasteiger partial charge on any atom is 0.263 e. The van der Waals surface area contributed by atoms with Crippen molar-refractivity contribution in [2.75, 3.05) is 0 Å². The van der Waals surface area contributed by atoms with Gasteiger partial charge < -0.3 is 9.88 Å². The minimum absolute atomic E-state index is 0.0488. The number of amides is 1. The summed E-state index contributed by atoms with van der Waals surface area (Å²) in [6.45, 7) is 3.49. The molecule has 0 aliphatic rings. The number of nitrogens with zero attached hydrogens (tertiary/aromatic N) is 1. The molecular formula is C13H14ClFN2O3S. The molecule has 8 heteroatoms. The zero-order chi connectivity index (χ0) is 15.8. The lowest BCUT2D eigenvalue weighted by atomic mass is 10.2. The average molecular weight is 333 g/mol. The van der Waals surface area contributed by atoms with Crippen molar-refractivity contribution in [1.82, 2.24) is 9.88 Å². The normalized spacial score (nSPS) is 12.0. The topological polar surface area (TPSA) is 68.2 Å². The first kappa shape index (κ1) is 15.8. The van der Waals surface area contributed by atoms with Crippen LogP contribution >= 0.6 is 10.7 Å². The van der Waals surface area contributed by atoms with Gasteiger partial charge in [0.1, 0.15) is 17.3 Å². The van der Waals surface area contributed by atoms with Crippen LogP contribution in [0.25, 0.3) is 10.9 Å². The van der Waals surface area contributed by atoms with Crippen LogP contribution in [0, 0.1) is 5.82 Å². The first-order valence-electron chi connectivity index (χ1n) is 6.21. The van der Waals surface area contributed by atoms with Crippen molar-refractivity contribution in [3.05, 3.63) is 30.2 Å². The lowest BCUT2D eigenvalue weighted by Gasteiger charge is -2.09. The maximum absolute atomic E-state index is 13.9. The van der Waals surface area contributed by atoms with E-state index in [4.69, 9.17) is 10.7 Å². The van der Waals surface area contributed by atoms with E-state index in [1.165, 1.54) is 22.9 Å². The zero-order valence-corrected chi connectivity index (χ0v) is 13.0. The van der Waals surface area contributed by atoms with E-state index in [2.05, 4.69) is 5.32 Å². The average Bonchev–Trinajstić information content (AvgIpc) is 2.68. The highest BCUT2D eigenvalue weighted by Gasteiger charge is 2.22. The van der Waals surface area contributed by atoms with Gasteiger partial charge in [-0.3, -0.25) is 4.79 Å². The summed E-state index contributed by atoms with van der Waals surface area (Å²) in [6.07, 6.45) is 1.18. The molecule has 21 heavy (non-hydrogen) atoms. The maximum atomic E-state index is 13.9. The minimum Gasteiger partial charge on any atom is -0.352 e. The molecule has 1 heterocycles. The molecule has 0 fully saturated rings. The van der Waals surface area contributed by atoms with Crippen molar-refractivity contribution >= 4 is 36.5 Å². The fraction of sp³-hybridized carbons (Fsp3) is 0.308. The summed E-state index contributed by atoms with van der Waals surface area (Å²) >= 11 is 0. The number of fused-ring (bicyclic) bond motifs is 1. The Morgan fingerprint density at radius 3 is 2.67 bits per heavy atom. The summed E-state index contributed by atoms with van der Waals surface area (Å²) in [4.78, 5) is 11.5. The second-order valence-corrected chi connectivity index (χ2v) is 7.45. The first-order valence-corrected chi connectivity index (χ1v) is 8.52. The molecule has 0 radical (unpaired) electrons. The Balaban J connectivity index is 2.56. The molecule has 0 aliphatic heterocycles. The van der Waals surface area contributed by atoms with Crippen molar-refractivity contribution in [2.45, 2.75) is 31.3 Å². The number of carbonyl (C=O) groups is 1. The molecule has 0 spiro atoms. The van der Waals surface area contributed by atoms with Crippen molar-refractivity contribution in [3.8, 4) is 0 Å². The quantitative estimate of drug-likeness (QED) is 0.873. The predicted octanol–water partition coefficient (Wildman–Crippen LogP) is 2.23. The fourth-order valence-corrected chi connectivity index (χ4v) is 3.16. The van der Waals surface area contributed by atoms with Gasteiger partial charge >= 0.3 is 0 Å². The van der Waals surface area contributed by atoms with Gasteiger partial charge in [-0.25, -0.2) is 12.8 Å². The molecule has 5 nitrogen and oxygen atoms in total. The number of carbonyl (C=O) groups excluding carboxylic acids is 1. The van der Waals surface area contributed by atoms with E-state index in [1.807, 2.05) is 0 Å². The highest BCUT2D eigenvalue weighted by Crippen LogP contribution is 2.30. The van der Waals surface area contributed by atoms with Gasteiger partial charge in [-0.2, -0.15) is 0 Å². The molecule has 0 atom stereocenters. The van der Waals surface area contributed by atoms with Gasteiger partial charge in [0.15, 0.2) is 0 Å². The SMILES string of the molecule is CC(C)NC(=O)Cn1cc(S(=O)(=O)Cl)c2c(F)cccc21. The zero-order valence-electron chi connectivity index (χ0n) is 11.4. The van der Waals surface area contributed by atoms with Crippen molar-refractivity contribution in [2.24, 2.45) is 0 Å². The van der Waals surface area contributed by atoms with Crippen LogP contribution in [0.1, 0.15) is 13.8 Å². The van der Waals surface area contributed by atoms with Crippen LogP contribution in [0.3, 0.4) is 0 Å². The number of halogens is 2. The summed E-state index contributed by atoms with van der Waals surface area (Å²) < 4.78 is 38.4. The third-order valence-electron chi connectivity index (χ3n) is 2.85. The standard InChI is InChI=1S/C13H14ClFN2O3S/c1-8(2)16-12(18)7-17-6-11(21(14,19)20)13-9(15)4-3-5-10(13)17/h3-6,8H,7H2,1-2H3,(H,16,18). The van der Waals surface area contributed by atoms with Crippen molar-refractivity contribution in [3.63, 3.8) is 0 Å². The molecular weight excluding hydrogens is 319 g/mol. The van der Waals surface area contributed by atoms with E-state index >= 15 is 0 Å². The lowest BCUT2D eigenvalue weighted by Crippen LogP contribution is -2.32. The Hall–Kier alpha value is -1.60. The van der Waals surface area contributed by atoms with Crippen LogP contribution in [-0.4, -0.2) is 24.9 Å². The van der Waals surface area contributed by atoms with Crippen LogP contribution in [0.2, 0.25) is 0 Å². The van der Waals surface area contributed by atoms with E-state index in [1.54, 1.807) is 13.8 Å². The van der Waals surface area contributed by atoms with Crippen molar-refractivity contribution < 1.29 is 17.6 Å². The monoisotopic (exact) mass is 332 g/mol. The molecule has 2 rings (SSSR count). The summed E-state index contributed by atoms with van der Waals surface area (Å²) in [5, 5.41) is 2.58. The molecule has 0 unspecified atom stereocenters. The van der Waals surface area contributed by atoms with Gasteiger partial charge in [0.05, 0.1) is 10.9 Å². The van der Waals surface area contributed by atoms with E-state index in [-0.39, 0.29) is 28.8 Å². The van der Waals surface area contributed by atoms with Crippen LogP contribution in [0.15, 0.2) is 29.3 Å². The lowest BCUT2D eigenvalue weighted by molar-refractivity contribution is -0.122. The molecule has 2 aromatic rings. The van der Waals surface area contributed by atoms with E-state index in [0.29, 0.717) is 5.52 Å². The molecule has 1 aromatic heterocycles. The largest absolute Gasteiger partial charge is 0.352 e. The van der Waals surface area contributed by atoms with Gasteiger partial charge in [0.2, 0.25) is 5.91 Å². The Labute approximate surface area is 126 Å². The summed E-state index contributed by atoms with van der Waals surface area (Å²) in [5.74, 6) is -1.00. The first-order chi connectivity index (χ1) is 9.70. The third-order valence-corrected chi connectivity index (χ3v) is 4.18. The number of hydrogen-bond donors (Lipinski definition) is 1. The molecule has 1 amide bonds. The summed E-state index contributed by atoms with van der Waals surface area (Å²) in [5.41, 5.74) is 0.299. The Bertz CT molecular complexity index is 799. The van der Waals surface area contributed by atoms with Crippen molar-refractivity contribution in [1.29, 1.82) is 0 Å². The summed E-state index contributed by atoms with van der Waals surface area (Å²) in [6, 6.07) is 4.07. The van der Waals surface area contributed by atoms with Gasteiger partial charge in [0.25, 0.3) is 9.05 Å². The van der Waals surface area contributed by atoms with E-state index in [0.717, 1.165) is 6.07 Å². The number of hydrogen-bond acceptors (Lipinski definition) is 3. The molecule has 0 saturated carbocycles. The van der Waals surface area contributed by atoms with Crippen LogP contribution in [0.4, 0.5) is 4.39 Å². The Morgan fingerprint density at radius 1 is 1.43 bits per heavy atom. The fourth-order valence-electron chi connectivity index (χ4n) is 2.11. The van der Waals surface area contributed by atoms with Gasteiger partial charge in [-0.15, -0.1) is 0 Å². The minimum atomic E-state index is -4.11. The van der Waals surface area contributed by atoms with Crippen LogP contribution < -0.4 is 5.32 Å². The Kier molecular flexibility index (Phi) is 4.25. The van der Waals surface area contributed by atoms with Gasteiger partial charge in [-0.1, -0.05) is 6.07 Å².